The average Bonchev–Trinajstić information content (AvgIpc) is 3.42. The van der Waals surface area contributed by atoms with Crippen molar-refractivity contribution in [1.29, 1.82) is 0 Å². The molecule has 0 radical (unpaired) electrons. The van der Waals surface area contributed by atoms with Crippen LogP contribution >= 0.6 is 0 Å². The van der Waals surface area contributed by atoms with E-state index in [2.05, 4.69) is 107 Å². The van der Waals surface area contributed by atoms with E-state index >= 15 is 0 Å². The number of benzene rings is 4. The van der Waals surface area contributed by atoms with Gasteiger partial charge in [0.15, 0.2) is 0 Å². The number of aromatic nitrogens is 2. The SMILES string of the molecule is [Cl-].[Os].c1c[nH]cn1.c1ccc(-c2ccccc2)cc1.c1ccc(-c2ccccc2)cc1. The molecule has 0 aliphatic heterocycles. The first-order valence-corrected chi connectivity index (χ1v) is 9.57. The molecule has 0 saturated carbocycles. The van der Waals surface area contributed by atoms with Crippen molar-refractivity contribution in [2.75, 3.05) is 0 Å². The number of hydrogen-bond acceptors (Lipinski definition) is 1. The van der Waals surface area contributed by atoms with Crippen LogP contribution in [0.4, 0.5) is 0 Å². The summed E-state index contributed by atoms with van der Waals surface area (Å²) in [7, 11) is 0. The van der Waals surface area contributed by atoms with Gasteiger partial charge in [-0.3, -0.25) is 0 Å². The number of imidazole rings is 1. The molecule has 2 nitrogen and oxygen atoms in total. The number of nitrogens with zero attached hydrogens (tertiary/aromatic N) is 1. The molecule has 0 bridgehead atoms. The summed E-state index contributed by atoms with van der Waals surface area (Å²) in [4.78, 5) is 6.42. The molecular formula is C27H24ClN2Os-. The fourth-order valence-electron chi connectivity index (χ4n) is 2.74. The average molecular weight is 602 g/mol. The number of rotatable bonds is 2. The Bertz CT molecular complexity index is 857. The standard InChI is InChI=1S/2C12H10.C3H4N2.ClH.Os/c2*1-3-7-11(8-4-1)12-9-5-2-6-10-12;1-2-5-3-4-1;;/h2*1-10H;1-3H,(H,4,5);1H;/p-1. The molecule has 0 fully saturated rings. The van der Waals surface area contributed by atoms with E-state index in [0.717, 1.165) is 0 Å². The molecule has 0 aliphatic carbocycles. The van der Waals surface area contributed by atoms with Crippen LogP contribution in [0.5, 0.6) is 0 Å². The normalized spacial score (nSPS) is 8.77. The van der Waals surface area contributed by atoms with Gasteiger partial charge in [0.1, 0.15) is 0 Å². The van der Waals surface area contributed by atoms with Crippen LogP contribution in [0.2, 0.25) is 0 Å². The summed E-state index contributed by atoms with van der Waals surface area (Å²) in [6.07, 6.45) is 5.08. The molecule has 158 valence electrons. The molecule has 1 N–H and O–H groups in total. The van der Waals surface area contributed by atoms with Crippen molar-refractivity contribution in [3.05, 3.63) is 140 Å². The van der Waals surface area contributed by atoms with Gasteiger partial charge in [-0.25, -0.2) is 4.98 Å². The molecule has 4 aromatic carbocycles. The Labute approximate surface area is 203 Å². The van der Waals surface area contributed by atoms with E-state index in [1.807, 2.05) is 24.3 Å². The van der Waals surface area contributed by atoms with Crippen LogP contribution in [0.15, 0.2) is 140 Å². The van der Waals surface area contributed by atoms with Crippen LogP contribution in [-0.4, -0.2) is 9.97 Å². The summed E-state index contributed by atoms with van der Waals surface area (Å²) >= 11 is 0. The first-order chi connectivity index (χ1) is 14.4. The van der Waals surface area contributed by atoms with Gasteiger partial charge in [0, 0.05) is 32.2 Å². The Morgan fingerprint density at radius 1 is 0.452 bits per heavy atom. The van der Waals surface area contributed by atoms with E-state index in [-0.39, 0.29) is 32.2 Å². The number of hydrogen-bond donors (Lipinski definition) is 1. The topological polar surface area (TPSA) is 28.7 Å². The van der Waals surface area contributed by atoms with E-state index in [9.17, 15) is 0 Å². The van der Waals surface area contributed by atoms with E-state index in [0.29, 0.717) is 0 Å². The quantitative estimate of drug-likeness (QED) is 0.324. The Morgan fingerprint density at radius 2 is 0.742 bits per heavy atom. The predicted octanol–water partition coefficient (Wildman–Crippen LogP) is 4.12. The van der Waals surface area contributed by atoms with Crippen molar-refractivity contribution < 1.29 is 32.2 Å². The molecule has 1 aromatic heterocycles. The summed E-state index contributed by atoms with van der Waals surface area (Å²) in [6, 6.07) is 41.6. The van der Waals surface area contributed by atoms with Gasteiger partial charge in [0.25, 0.3) is 0 Å². The first-order valence-electron chi connectivity index (χ1n) is 9.57. The van der Waals surface area contributed by atoms with Crippen LogP contribution in [-0.2, 0) is 19.8 Å². The van der Waals surface area contributed by atoms with Gasteiger partial charge in [-0.1, -0.05) is 121 Å². The van der Waals surface area contributed by atoms with Gasteiger partial charge in [0.05, 0.1) is 6.33 Å². The smallest absolute Gasteiger partial charge is 0.0919 e. The second-order valence-electron chi connectivity index (χ2n) is 6.22. The van der Waals surface area contributed by atoms with E-state index < -0.39 is 0 Å². The number of H-pyrrole nitrogens is 1. The fourth-order valence-corrected chi connectivity index (χ4v) is 2.74. The van der Waals surface area contributed by atoms with Crippen LogP contribution in [0.3, 0.4) is 0 Å². The molecule has 0 saturated heterocycles. The van der Waals surface area contributed by atoms with E-state index in [1.54, 1.807) is 18.7 Å². The maximum atomic E-state index is 3.67. The van der Waals surface area contributed by atoms with Gasteiger partial charge in [-0.2, -0.15) is 0 Å². The second-order valence-corrected chi connectivity index (χ2v) is 6.22. The van der Waals surface area contributed by atoms with Crippen molar-refractivity contribution in [2.45, 2.75) is 0 Å². The molecule has 0 aliphatic rings. The summed E-state index contributed by atoms with van der Waals surface area (Å²) in [6.45, 7) is 0. The number of nitrogens with one attached hydrogen (secondary N) is 1. The first kappa shape index (κ1) is 26.1. The maximum Gasteiger partial charge on any atom is 0.0919 e. The van der Waals surface area contributed by atoms with E-state index in [4.69, 9.17) is 0 Å². The van der Waals surface area contributed by atoms with Gasteiger partial charge >= 0.3 is 0 Å². The third-order valence-electron chi connectivity index (χ3n) is 4.17. The van der Waals surface area contributed by atoms with E-state index in [1.165, 1.54) is 22.3 Å². The molecule has 5 aromatic rings. The fraction of sp³-hybridized carbons (Fsp3) is 0. The minimum atomic E-state index is 0. The van der Waals surface area contributed by atoms with Crippen LogP contribution in [0.1, 0.15) is 0 Å². The van der Waals surface area contributed by atoms with Crippen LogP contribution in [0.25, 0.3) is 22.3 Å². The number of aromatic amines is 1. The summed E-state index contributed by atoms with van der Waals surface area (Å²) in [5.41, 5.74) is 5.10. The van der Waals surface area contributed by atoms with Gasteiger partial charge in [-0.05, 0) is 22.3 Å². The molecule has 1 heterocycles. The van der Waals surface area contributed by atoms with Gasteiger partial charge in [-0.15, -0.1) is 0 Å². The van der Waals surface area contributed by atoms with Crippen molar-refractivity contribution >= 4 is 0 Å². The zero-order chi connectivity index (χ0) is 20.0. The minimum Gasteiger partial charge on any atom is -1.00 e. The van der Waals surface area contributed by atoms with Crippen LogP contribution < -0.4 is 12.4 Å². The predicted molar refractivity (Wildman–Crippen MR) is 122 cm³/mol. The van der Waals surface area contributed by atoms with Gasteiger partial charge in [0.2, 0.25) is 0 Å². The van der Waals surface area contributed by atoms with Crippen molar-refractivity contribution in [3.63, 3.8) is 0 Å². The van der Waals surface area contributed by atoms with Gasteiger partial charge < -0.3 is 17.4 Å². The van der Waals surface area contributed by atoms with Crippen LogP contribution in [0, 0.1) is 0 Å². The zero-order valence-electron chi connectivity index (χ0n) is 17.0. The minimum absolute atomic E-state index is 0. The Kier molecular flexibility index (Phi) is 13.3. The molecule has 0 unspecified atom stereocenters. The summed E-state index contributed by atoms with van der Waals surface area (Å²) in [5, 5.41) is 0. The third kappa shape index (κ3) is 9.58. The molecule has 4 heteroatoms. The molecule has 0 amide bonds. The summed E-state index contributed by atoms with van der Waals surface area (Å²) < 4.78 is 0. The third-order valence-corrected chi connectivity index (χ3v) is 4.17. The molecule has 0 spiro atoms. The molecule has 31 heavy (non-hydrogen) atoms. The zero-order valence-corrected chi connectivity index (χ0v) is 20.3. The largest absolute Gasteiger partial charge is 1.00 e. The van der Waals surface area contributed by atoms with Crippen molar-refractivity contribution in [1.82, 2.24) is 9.97 Å². The number of halogens is 1. The maximum absolute atomic E-state index is 3.67. The van der Waals surface area contributed by atoms with Crippen molar-refractivity contribution in [3.8, 4) is 22.3 Å². The molecule has 0 atom stereocenters. The van der Waals surface area contributed by atoms with Crippen molar-refractivity contribution in [2.24, 2.45) is 0 Å². The second kappa shape index (κ2) is 15.8. The molecule has 5 rings (SSSR count). The Morgan fingerprint density at radius 3 is 0.903 bits per heavy atom. The summed E-state index contributed by atoms with van der Waals surface area (Å²) in [5.74, 6) is 0. The monoisotopic (exact) mass is 603 g/mol. The molecular weight excluding hydrogens is 578 g/mol. The Hall–Kier alpha value is -2.98. The Balaban J connectivity index is 0.000000242.